The van der Waals surface area contributed by atoms with E-state index in [1.807, 2.05) is 4.90 Å². The van der Waals surface area contributed by atoms with E-state index in [-0.39, 0.29) is 5.91 Å². The number of aliphatic hydroxyl groups is 1. The number of piperazine rings is 1. The molecule has 0 aromatic heterocycles. The van der Waals surface area contributed by atoms with Crippen LogP contribution in [0.15, 0.2) is 28.7 Å². The van der Waals surface area contributed by atoms with Gasteiger partial charge < -0.3 is 10.0 Å². The van der Waals surface area contributed by atoms with Crippen LogP contribution in [0.2, 0.25) is 0 Å². The first-order chi connectivity index (χ1) is 9.57. The van der Waals surface area contributed by atoms with Crippen LogP contribution in [0.5, 0.6) is 0 Å². The van der Waals surface area contributed by atoms with Gasteiger partial charge in [-0.25, -0.2) is 0 Å². The largest absolute Gasteiger partial charge is 0.380 e. The highest BCUT2D eigenvalue weighted by Gasteiger charge is 2.50. The van der Waals surface area contributed by atoms with E-state index in [2.05, 4.69) is 45.1 Å². The van der Waals surface area contributed by atoms with Gasteiger partial charge >= 0.3 is 0 Å². The Kier molecular flexibility index (Phi) is 3.84. The van der Waals surface area contributed by atoms with Crippen LogP contribution >= 0.6 is 15.9 Å². The lowest BCUT2D eigenvalue weighted by molar-refractivity contribution is -0.144. The molecule has 3 rings (SSSR count). The fourth-order valence-corrected chi connectivity index (χ4v) is 2.85. The van der Waals surface area contributed by atoms with Crippen molar-refractivity contribution in [3.8, 4) is 0 Å². The summed E-state index contributed by atoms with van der Waals surface area (Å²) in [5.41, 5.74) is 0.266. The zero-order valence-electron chi connectivity index (χ0n) is 11.4. The van der Waals surface area contributed by atoms with Gasteiger partial charge in [-0.3, -0.25) is 9.69 Å². The van der Waals surface area contributed by atoms with E-state index in [4.69, 9.17) is 0 Å². The van der Waals surface area contributed by atoms with Crippen LogP contribution in [0.4, 0.5) is 0 Å². The molecule has 4 nitrogen and oxygen atoms in total. The highest BCUT2D eigenvalue weighted by molar-refractivity contribution is 9.10. The number of hydrogen-bond acceptors (Lipinski definition) is 3. The lowest BCUT2D eigenvalue weighted by Crippen LogP contribution is -2.51. The minimum absolute atomic E-state index is 0.0687. The summed E-state index contributed by atoms with van der Waals surface area (Å²) in [6, 6.07) is 8.35. The summed E-state index contributed by atoms with van der Waals surface area (Å²) in [4.78, 5) is 16.2. The third-order valence-electron chi connectivity index (χ3n) is 4.10. The van der Waals surface area contributed by atoms with Gasteiger partial charge in [0, 0.05) is 37.2 Å². The molecule has 108 valence electrons. The first-order valence-corrected chi connectivity index (χ1v) is 7.85. The number of halogens is 1. The number of amides is 1. The van der Waals surface area contributed by atoms with E-state index in [1.54, 1.807) is 0 Å². The van der Waals surface area contributed by atoms with Crippen LogP contribution in [0.3, 0.4) is 0 Å². The molecule has 0 radical (unpaired) electrons. The van der Waals surface area contributed by atoms with Gasteiger partial charge in [0.25, 0.3) is 5.91 Å². The molecule has 0 bridgehead atoms. The lowest BCUT2D eigenvalue weighted by Gasteiger charge is -2.35. The summed E-state index contributed by atoms with van der Waals surface area (Å²) >= 11 is 3.44. The summed E-state index contributed by atoms with van der Waals surface area (Å²) in [6.45, 7) is 4.10. The Balaban J connectivity index is 1.51. The van der Waals surface area contributed by atoms with Gasteiger partial charge in [-0.2, -0.15) is 0 Å². The monoisotopic (exact) mass is 338 g/mol. The van der Waals surface area contributed by atoms with Gasteiger partial charge in [-0.15, -0.1) is 0 Å². The van der Waals surface area contributed by atoms with Crippen LogP contribution in [0, 0.1) is 0 Å². The Morgan fingerprint density at radius 1 is 1.15 bits per heavy atom. The zero-order chi connectivity index (χ0) is 14.2. The Hall–Kier alpha value is -0.910. The van der Waals surface area contributed by atoms with E-state index >= 15 is 0 Å². The molecule has 1 aliphatic carbocycles. The Labute approximate surface area is 127 Å². The average molecular weight is 339 g/mol. The number of carbonyl (C=O) groups is 1. The number of carbonyl (C=O) groups excluding carboxylic acids is 1. The molecule has 1 aliphatic heterocycles. The first kappa shape index (κ1) is 14.0. The van der Waals surface area contributed by atoms with Gasteiger partial charge in [0.1, 0.15) is 5.60 Å². The maximum absolute atomic E-state index is 12.0. The van der Waals surface area contributed by atoms with Crippen molar-refractivity contribution in [3.05, 3.63) is 34.3 Å². The van der Waals surface area contributed by atoms with Crippen LogP contribution in [0.1, 0.15) is 18.4 Å². The van der Waals surface area contributed by atoms with Gasteiger partial charge in [-0.1, -0.05) is 28.1 Å². The molecule has 2 aliphatic rings. The molecule has 1 heterocycles. The molecule has 1 N–H and O–H groups in total. The normalized spacial score (nSPS) is 21.8. The summed E-state index contributed by atoms with van der Waals surface area (Å²) in [6.07, 6.45) is 1.26. The third-order valence-corrected chi connectivity index (χ3v) is 4.63. The molecule has 1 saturated heterocycles. The van der Waals surface area contributed by atoms with Crippen molar-refractivity contribution >= 4 is 21.8 Å². The number of rotatable bonds is 3. The molecule has 2 fully saturated rings. The summed E-state index contributed by atoms with van der Waals surface area (Å²) in [7, 11) is 0. The van der Waals surface area contributed by atoms with E-state index in [0.29, 0.717) is 12.8 Å². The Bertz CT molecular complexity index is 491. The molecule has 1 saturated carbocycles. The minimum Gasteiger partial charge on any atom is -0.380 e. The van der Waals surface area contributed by atoms with Crippen LogP contribution < -0.4 is 0 Å². The zero-order valence-corrected chi connectivity index (χ0v) is 13.0. The topological polar surface area (TPSA) is 43.8 Å². The van der Waals surface area contributed by atoms with Crippen LogP contribution in [0.25, 0.3) is 0 Å². The molecule has 1 amide bonds. The van der Waals surface area contributed by atoms with Crippen LogP contribution in [-0.4, -0.2) is 52.6 Å². The second-order valence-corrected chi connectivity index (χ2v) is 6.64. The summed E-state index contributed by atoms with van der Waals surface area (Å²) in [5, 5.41) is 9.87. The van der Waals surface area contributed by atoms with E-state index in [1.165, 1.54) is 5.56 Å². The predicted octanol–water partition coefficient (Wildman–Crippen LogP) is 1.62. The molecular formula is C15H19BrN2O2. The van der Waals surface area contributed by atoms with E-state index in [9.17, 15) is 9.90 Å². The number of benzene rings is 1. The fourth-order valence-electron chi connectivity index (χ4n) is 2.58. The molecule has 0 spiro atoms. The smallest absolute Gasteiger partial charge is 0.254 e. The van der Waals surface area contributed by atoms with E-state index < -0.39 is 5.60 Å². The third kappa shape index (κ3) is 3.05. The SMILES string of the molecule is O=C(N1CCN(Cc2ccc(Br)cc2)CC1)C1(O)CC1. The second kappa shape index (κ2) is 5.47. The van der Waals surface area contributed by atoms with Crippen molar-refractivity contribution < 1.29 is 9.90 Å². The van der Waals surface area contributed by atoms with Crippen molar-refractivity contribution in [2.45, 2.75) is 25.0 Å². The molecule has 1 aromatic rings. The maximum atomic E-state index is 12.0. The minimum atomic E-state index is -1.02. The van der Waals surface area contributed by atoms with Gasteiger partial charge in [0.2, 0.25) is 0 Å². The lowest BCUT2D eigenvalue weighted by atomic mass is 10.2. The van der Waals surface area contributed by atoms with Crippen molar-refractivity contribution in [2.75, 3.05) is 26.2 Å². The standard InChI is InChI=1S/C15H19BrN2O2/c16-13-3-1-12(2-4-13)11-17-7-9-18(10-8-17)14(19)15(20)5-6-15/h1-4,20H,5-11H2. The van der Waals surface area contributed by atoms with E-state index in [0.717, 1.165) is 37.2 Å². The van der Waals surface area contributed by atoms with Gasteiger partial charge in [-0.05, 0) is 30.5 Å². The highest BCUT2D eigenvalue weighted by Crippen LogP contribution is 2.37. The highest BCUT2D eigenvalue weighted by atomic mass is 79.9. The van der Waals surface area contributed by atoms with Crippen molar-refractivity contribution in [2.24, 2.45) is 0 Å². The van der Waals surface area contributed by atoms with Crippen molar-refractivity contribution in [1.29, 1.82) is 0 Å². The summed E-state index contributed by atoms with van der Waals surface area (Å²) < 4.78 is 1.09. The van der Waals surface area contributed by atoms with Crippen LogP contribution in [-0.2, 0) is 11.3 Å². The Morgan fingerprint density at radius 3 is 2.30 bits per heavy atom. The molecule has 5 heteroatoms. The average Bonchev–Trinajstić information content (AvgIpc) is 3.21. The second-order valence-electron chi connectivity index (χ2n) is 5.73. The van der Waals surface area contributed by atoms with Gasteiger partial charge in [0.05, 0.1) is 0 Å². The summed E-state index contributed by atoms with van der Waals surface area (Å²) in [5.74, 6) is -0.0687. The predicted molar refractivity (Wildman–Crippen MR) is 80.2 cm³/mol. The maximum Gasteiger partial charge on any atom is 0.254 e. The molecule has 0 unspecified atom stereocenters. The number of hydrogen-bond donors (Lipinski definition) is 1. The van der Waals surface area contributed by atoms with Crippen molar-refractivity contribution in [1.82, 2.24) is 9.80 Å². The molecule has 20 heavy (non-hydrogen) atoms. The molecular weight excluding hydrogens is 320 g/mol. The molecule has 0 atom stereocenters. The van der Waals surface area contributed by atoms with Gasteiger partial charge in [0.15, 0.2) is 0 Å². The first-order valence-electron chi connectivity index (χ1n) is 7.05. The Morgan fingerprint density at radius 2 is 1.75 bits per heavy atom. The molecule has 1 aromatic carbocycles. The quantitative estimate of drug-likeness (QED) is 0.910. The number of nitrogens with zero attached hydrogens (tertiary/aromatic N) is 2. The van der Waals surface area contributed by atoms with Crippen molar-refractivity contribution in [3.63, 3.8) is 0 Å². The fraction of sp³-hybridized carbons (Fsp3) is 0.533.